The van der Waals surface area contributed by atoms with E-state index in [0.29, 0.717) is 6.54 Å². The summed E-state index contributed by atoms with van der Waals surface area (Å²) in [7, 11) is 1.83. The van der Waals surface area contributed by atoms with E-state index in [2.05, 4.69) is 36.7 Å². The number of rotatable bonds is 6. The smallest absolute Gasteiger partial charge is 0.236 e. The summed E-state index contributed by atoms with van der Waals surface area (Å²) < 4.78 is 0. The molecule has 4 heteroatoms. The molecule has 17 heavy (non-hydrogen) atoms. The highest BCUT2D eigenvalue weighted by molar-refractivity contribution is 7.10. The Balaban J connectivity index is 2.38. The van der Waals surface area contributed by atoms with Gasteiger partial charge in [0.05, 0.1) is 6.54 Å². The van der Waals surface area contributed by atoms with Crippen molar-refractivity contribution in [2.75, 3.05) is 26.7 Å². The van der Waals surface area contributed by atoms with Crippen LogP contribution < -0.4 is 5.32 Å². The molecule has 0 atom stereocenters. The Morgan fingerprint density at radius 1 is 1.53 bits per heavy atom. The van der Waals surface area contributed by atoms with E-state index >= 15 is 0 Å². The first-order chi connectivity index (χ1) is 7.97. The fraction of sp³-hybridized carbons (Fsp3) is 0.615. The van der Waals surface area contributed by atoms with Crippen LogP contribution in [0.25, 0.3) is 0 Å². The number of carbonyl (C=O) groups is 1. The minimum absolute atomic E-state index is 0.0826. The number of nitrogens with zero attached hydrogens (tertiary/aromatic N) is 1. The zero-order valence-corrected chi connectivity index (χ0v) is 11.9. The normalized spacial score (nSPS) is 11.5. The second-order valence-electron chi connectivity index (χ2n) is 4.87. The Morgan fingerprint density at radius 2 is 2.24 bits per heavy atom. The van der Waals surface area contributed by atoms with E-state index in [4.69, 9.17) is 0 Å². The van der Waals surface area contributed by atoms with Crippen LogP contribution in [0.1, 0.15) is 25.6 Å². The maximum absolute atomic E-state index is 11.6. The van der Waals surface area contributed by atoms with Gasteiger partial charge in [-0.05, 0) is 18.4 Å². The molecular formula is C13H22N2OS. The number of nitrogens with one attached hydrogen (secondary N) is 1. The maximum atomic E-state index is 11.6. The molecule has 0 aliphatic heterocycles. The summed E-state index contributed by atoms with van der Waals surface area (Å²) in [5, 5.41) is 5.33. The number of likely N-dealkylation sites (N-methyl/N-ethyl adjacent to an activating group) is 1. The average molecular weight is 254 g/mol. The highest BCUT2D eigenvalue weighted by atomic mass is 32.1. The van der Waals surface area contributed by atoms with E-state index in [9.17, 15) is 4.79 Å². The van der Waals surface area contributed by atoms with Crippen molar-refractivity contribution in [1.82, 2.24) is 10.2 Å². The summed E-state index contributed by atoms with van der Waals surface area (Å²) in [6, 6.07) is 4.21. The van der Waals surface area contributed by atoms with Crippen LogP contribution in [0.15, 0.2) is 17.5 Å². The molecule has 0 radical (unpaired) electrons. The SMILES string of the molecule is CCN(C)C(=O)CNCC(C)(C)c1cccs1. The molecule has 1 N–H and O–H groups in total. The van der Waals surface area contributed by atoms with Gasteiger partial charge in [-0.3, -0.25) is 4.79 Å². The number of hydrogen-bond donors (Lipinski definition) is 1. The number of amides is 1. The third-order valence-electron chi connectivity index (χ3n) is 2.93. The monoisotopic (exact) mass is 254 g/mol. The lowest BCUT2D eigenvalue weighted by molar-refractivity contribution is -0.128. The molecule has 1 rings (SSSR count). The topological polar surface area (TPSA) is 32.3 Å². The Kier molecular flexibility index (Phi) is 5.15. The second kappa shape index (κ2) is 6.17. The molecule has 0 fully saturated rings. The molecule has 96 valence electrons. The van der Waals surface area contributed by atoms with Crippen molar-refractivity contribution < 1.29 is 4.79 Å². The zero-order valence-electron chi connectivity index (χ0n) is 11.1. The van der Waals surface area contributed by atoms with Crippen molar-refractivity contribution in [2.24, 2.45) is 0 Å². The predicted octanol–water partition coefficient (Wildman–Crippen LogP) is 2.09. The molecule has 3 nitrogen and oxygen atoms in total. The molecule has 0 bridgehead atoms. The summed E-state index contributed by atoms with van der Waals surface area (Å²) in [6.07, 6.45) is 0. The average Bonchev–Trinajstić information content (AvgIpc) is 2.81. The van der Waals surface area contributed by atoms with Gasteiger partial charge in [-0.25, -0.2) is 0 Å². The summed E-state index contributed by atoms with van der Waals surface area (Å²) >= 11 is 1.76. The molecule has 0 saturated heterocycles. The first-order valence-corrected chi connectivity index (χ1v) is 6.84. The second-order valence-corrected chi connectivity index (χ2v) is 5.82. The van der Waals surface area contributed by atoms with Crippen molar-refractivity contribution in [3.8, 4) is 0 Å². The van der Waals surface area contributed by atoms with E-state index in [1.807, 2.05) is 14.0 Å². The minimum Gasteiger partial charge on any atom is -0.345 e. The first-order valence-electron chi connectivity index (χ1n) is 5.96. The Hall–Kier alpha value is -0.870. The highest BCUT2D eigenvalue weighted by Gasteiger charge is 2.21. The molecule has 0 aliphatic carbocycles. The van der Waals surface area contributed by atoms with Crippen molar-refractivity contribution >= 4 is 17.2 Å². The van der Waals surface area contributed by atoms with Gasteiger partial charge < -0.3 is 10.2 Å². The minimum atomic E-state index is 0.0826. The van der Waals surface area contributed by atoms with E-state index in [0.717, 1.165) is 13.1 Å². The molecule has 1 amide bonds. The van der Waals surface area contributed by atoms with Gasteiger partial charge in [-0.2, -0.15) is 0 Å². The maximum Gasteiger partial charge on any atom is 0.236 e. The van der Waals surface area contributed by atoms with Gasteiger partial charge in [0.2, 0.25) is 5.91 Å². The summed E-state index contributed by atoms with van der Waals surface area (Å²) in [6.45, 7) is 8.36. The fourth-order valence-electron chi connectivity index (χ4n) is 1.54. The molecule has 0 aliphatic rings. The molecule has 0 saturated carbocycles. The standard InChI is InChI=1S/C13H22N2OS/c1-5-15(4)12(16)9-14-10-13(2,3)11-7-6-8-17-11/h6-8,14H,5,9-10H2,1-4H3. The van der Waals surface area contributed by atoms with E-state index in [-0.39, 0.29) is 11.3 Å². The first kappa shape index (κ1) is 14.2. The molecular weight excluding hydrogens is 232 g/mol. The third kappa shape index (κ3) is 4.13. The van der Waals surface area contributed by atoms with Gasteiger partial charge in [0, 0.05) is 30.4 Å². The largest absolute Gasteiger partial charge is 0.345 e. The van der Waals surface area contributed by atoms with Crippen LogP contribution in [0.3, 0.4) is 0 Å². The third-order valence-corrected chi connectivity index (χ3v) is 4.17. The quantitative estimate of drug-likeness (QED) is 0.843. The van der Waals surface area contributed by atoms with Crippen molar-refractivity contribution in [1.29, 1.82) is 0 Å². The molecule has 0 aromatic carbocycles. The summed E-state index contributed by atoms with van der Waals surface area (Å²) in [5.74, 6) is 0.148. The number of carbonyl (C=O) groups excluding carboxylic acids is 1. The lowest BCUT2D eigenvalue weighted by atomic mass is 9.91. The summed E-state index contributed by atoms with van der Waals surface area (Å²) in [5.41, 5.74) is 0.0826. The van der Waals surface area contributed by atoms with Crippen LogP contribution >= 0.6 is 11.3 Å². The molecule has 1 heterocycles. The van der Waals surface area contributed by atoms with Gasteiger partial charge in [-0.1, -0.05) is 19.9 Å². The Morgan fingerprint density at radius 3 is 2.76 bits per heavy atom. The predicted molar refractivity (Wildman–Crippen MR) is 73.5 cm³/mol. The van der Waals surface area contributed by atoms with Gasteiger partial charge in [0.25, 0.3) is 0 Å². The molecule has 0 unspecified atom stereocenters. The van der Waals surface area contributed by atoms with Crippen LogP contribution in [-0.2, 0) is 10.2 Å². The lowest BCUT2D eigenvalue weighted by Crippen LogP contribution is -2.40. The number of thiophene rings is 1. The van der Waals surface area contributed by atoms with Crippen molar-refractivity contribution in [2.45, 2.75) is 26.2 Å². The van der Waals surface area contributed by atoms with Crippen LogP contribution in [0.5, 0.6) is 0 Å². The van der Waals surface area contributed by atoms with Crippen LogP contribution in [0, 0.1) is 0 Å². The molecule has 0 spiro atoms. The summed E-state index contributed by atoms with van der Waals surface area (Å²) in [4.78, 5) is 14.7. The molecule has 1 aromatic heterocycles. The van der Waals surface area contributed by atoms with Gasteiger partial charge in [0.15, 0.2) is 0 Å². The van der Waals surface area contributed by atoms with Crippen LogP contribution in [0.2, 0.25) is 0 Å². The van der Waals surface area contributed by atoms with Gasteiger partial charge in [0.1, 0.15) is 0 Å². The number of hydrogen-bond acceptors (Lipinski definition) is 3. The van der Waals surface area contributed by atoms with E-state index < -0.39 is 0 Å². The van der Waals surface area contributed by atoms with Crippen molar-refractivity contribution in [3.05, 3.63) is 22.4 Å². The zero-order chi connectivity index (χ0) is 12.9. The van der Waals surface area contributed by atoms with E-state index in [1.54, 1.807) is 16.2 Å². The fourth-order valence-corrected chi connectivity index (χ4v) is 2.40. The molecule has 1 aromatic rings. The Bertz CT molecular complexity index is 346. The van der Waals surface area contributed by atoms with Gasteiger partial charge in [-0.15, -0.1) is 11.3 Å². The Labute approximate surface area is 108 Å². The van der Waals surface area contributed by atoms with E-state index in [1.165, 1.54) is 4.88 Å². The van der Waals surface area contributed by atoms with Gasteiger partial charge >= 0.3 is 0 Å². The van der Waals surface area contributed by atoms with Crippen LogP contribution in [-0.4, -0.2) is 37.5 Å². The highest BCUT2D eigenvalue weighted by Crippen LogP contribution is 2.26. The van der Waals surface area contributed by atoms with Crippen LogP contribution in [0.4, 0.5) is 0 Å². The van der Waals surface area contributed by atoms with Crippen molar-refractivity contribution in [3.63, 3.8) is 0 Å². The lowest BCUT2D eigenvalue weighted by Gasteiger charge is -2.24.